The molecule has 1 amide bonds. The molecule has 0 aromatic heterocycles. The first kappa shape index (κ1) is 13.7. The molecule has 1 N–H and O–H groups in total. The summed E-state index contributed by atoms with van der Waals surface area (Å²) in [5.74, 6) is 2.32. The molecular weight excluding hydrogens is 268 g/mol. The van der Waals surface area contributed by atoms with Crippen molar-refractivity contribution in [1.29, 1.82) is 0 Å². The van der Waals surface area contributed by atoms with Crippen molar-refractivity contribution in [3.63, 3.8) is 0 Å². The fourth-order valence-corrected chi connectivity index (χ4v) is 3.04. The van der Waals surface area contributed by atoms with Crippen LogP contribution in [0.2, 0.25) is 5.02 Å². The quantitative estimate of drug-likeness (QED) is 0.918. The van der Waals surface area contributed by atoms with Crippen molar-refractivity contribution in [3.05, 3.63) is 34.9 Å². The van der Waals surface area contributed by atoms with Crippen LogP contribution in [0.25, 0.3) is 0 Å². The third kappa shape index (κ3) is 4.19. The summed E-state index contributed by atoms with van der Waals surface area (Å²) in [6, 6.07) is 7.58. The lowest BCUT2D eigenvalue weighted by molar-refractivity contribution is -0.122. The first-order valence-electron chi connectivity index (χ1n) is 6.06. The molecular formula is C13H17ClN2OS. The highest BCUT2D eigenvalue weighted by atomic mass is 35.5. The Morgan fingerprint density at radius 3 is 2.78 bits per heavy atom. The summed E-state index contributed by atoms with van der Waals surface area (Å²) in [7, 11) is 0. The second-order valence-corrected chi connectivity index (χ2v) is 5.89. The molecule has 1 aromatic carbocycles. The van der Waals surface area contributed by atoms with Crippen molar-refractivity contribution in [1.82, 2.24) is 10.2 Å². The van der Waals surface area contributed by atoms with Gasteiger partial charge < -0.3 is 5.32 Å². The van der Waals surface area contributed by atoms with E-state index in [2.05, 4.69) is 10.2 Å². The maximum absolute atomic E-state index is 11.8. The number of amides is 1. The minimum atomic E-state index is 0.0711. The number of nitrogens with one attached hydrogen (secondary N) is 1. The molecule has 1 aliphatic rings. The molecule has 18 heavy (non-hydrogen) atoms. The molecule has 0 spiro atoms. The second kappa shape index (κ2) is 7.02. The Morgan fingerprint density at radius 1 is 1.33 bits per heavy atom. The summed E-state index contributed by atoms with van der Waals surface area (Å²) in [6.07, 6.45) is 0. The fourth-order valence-electron chi connectivity index (χ4n) is 1.85. The van der Waals surface area contributed by atoms with E-state index in [1.54, 1.807) is 0 Å². The number of carbonyl (C=O) groups is 1. The third-order valence-corrected chi connectivity index (χ3v) is 4.22. The number of hydrogen-bond donors (Lipinski definition) is 1. The van der Waals surface area contributed by atoms with E-state index in [0.29, 0.717) is 18.1 Å². The van der Waals surface area contributed by atoms with E-state index in [-0.39, 0.29) is 5.91 Å². The van der Waals surface area contributed by atoms with E-state index < -0.39 is 0 Å². The molecule has 1 fully saturated rings. The van der Waals surface area contributed by atoms with E-state index >= 15 is 0 Å². The largest absolute Gasteiger partial charge is 0.351 e. The highest BCUT2D eigenvalue weighted by Gasteiger charge is 2.13. The van der Waals surface area contributed by atoms with Crippen molar-refractivity contribution in [2.24, 2.45) is 0 Å². The molecule has 5 heteroatoms. The number of halogens is 1. The number of thioether (sulfide) groups is 1. The summed E-state index contributed by atoms with van der Waals surface area (Å²) in [5.41, 5.74) is 0.960. The van der Waals surface area contributed by atoms with Crippen LogP contribution in [-0.2, 0) is 11.3 Å². The van der Waals surface area contributed by atoms with Gasteiger partial charge in [0.15, 0.2) is 0 Å². The predicted octanol–water partition coefficient (Wildman–Crippen LogP) is 2.00. The van der Waals surface area contributed by atoms with Crippen molar-refractivity contribution in [2.45, 2.75) is 6.54 Å². The van der Waals surface area contributed by atoms with E-state index in [1.807, 2.05) is 36.0 Å². The summed E-state index contributed by atoms with van der Waals surface area (Å²) >= 11 is 7.98. The van der Waals surface area contributed by atoms with Crippen LogP contribution in [0.15, 0.2) is 24.3 Å². The van der Waals surface area contributed by atoms with Gasteiger partial charge in [-0.25, -0.2) is 0 Å². The highest BCUT2D eigenvalue weighted by molar-refractivity contribution is 7.99. The Morgan fingerprint density at radius 2 is 2.06 bits per heavy atom. The Labute approximate surface area is 117 Å². The Hall–Kier alpha value is -0.710. The van der Waals surface area contributed by atoms with Gasteiger partial charge in [0.05, 0.1) is 6.54 Å². The van der Waals surface area contributed by atoms with Crippen molar-refractivity contribution in [2.75, 3.05) is 31.1 Å². The van der Waals surface area contributed by atoms with Crippen LogP contribution in [0.5, 0.6) is 0 Å². The van der Waals surface area contributed by atoms with E-state index in [4.69, 9.17) is 11.6 Å². The molecule has 98 valence electrons. The molecule has 0 bridgehead atoms. The molecule has 0 aliphatic carbocycles. The van der Waals surface area contributed by atoms with Crippen molar-refractivity contribution in [3.8, 4) is 0 Å². The Kier molecular flexibility index (Phi) is 5.35. The molecule has 1 heterocycles. The maximum atomic E-state index is 11.8. The Balaban J connectivity index is 1.76. The molecule has 1 aromatic rings. The van der Waals surface area contributed by atoms with Crippen LogP contribution in [0.1, 0.15) is 5.56 Å². The first-order valence-corrected chi connectivity index (χ1v) is 7.59. The number of benzene rings is 1. The van der Waals surface area contributed by atoms with Crippen LogP contribution in [0.4, 0.5) is 0 Å². The van der Waals surface area contributed by atoms with Crippen LogP contribution in [-0.4, -0.2) is 41.9 Å². The Bertz CT molecular complexity index is 408. The zero-order valence-corrected chi connectivity index (χ0v) is 11.8. The zero-order valence-electron chi connectivity index (χ0n) is 10.2. The number of hydrogen-bond acceptors (Lipinski definition) is 3. The fraction of sp³-hybridized carbons (Fsp3) is 0.462. The molecule has 0 atom stereocenters. The van der Waals surface area contributed by atoms with Gasteiger partial charge in [-0.2, -0.15) is 11.8 Å². The van der Waals surface area contributed by atoms with Crippen LogP contribution in [0, 0.1) is 0 Å². The van der Waals surface area contributed by atoms with Gasteiger partial charge in [-0.15, -0.1) is 0 Å². The minimum Gasteiger partial charge on any atom is -0.351 e. The van der Waals surface area contributed by atoms with Crippen LogP contribution >= 0.6 is 23.4 Å². The lowest BCUT2D eigenvalue weighted by Crippen LogP contribution is -2.41. The molecule has 0 unspecified atom stereocenters. The van der Waals surface area contributed by atoms with E-state index in [1.165, 1.54) is 0 Å². The van der Waals surface area contributed by atoms with E-state index in [0.717, 1.165) is 30.2 Å². The maximum Gasteiger partial charge on any atom is 0.234 e. The monoisotopic (exact) mass is 284 g/mol. The van der Waals surface area contributed by atoms with Gasteiger partial charge in [-0.3, -0.25) is 9.69 Å². The average Bonchev–Trinajstić information content (AvgIpc) is 2.39. The molecule has 0 saturated carbocycles. The smallest absolute Gasteiger partial charge is 0.234 e. The molecule has 1 aliphatic heterocycles. The van der Waals surface area contributed by atoms with Crippen molar-refractivity contribution < 1.29 is 4.79 Å². The lowest BCUT2D eigenvalue weighted by Gasteiger charge is -2.25. The van der Waals surface area contributed by atoms with Crippen LogP contribution in [0.3, 0.4) is 0 Å². The number of rotatable bonds is 4. The normalized spacial score (nSPS) is 16.5. The van der Waals surface area contributed by atoms with Crippen LogP contribution < -0.4 is 5.32 Å². The second-order valence-electron chi connectivity index (χ2n) is 4.26. The molecule has 3 nitrogen and oxygen atoms in total. The average molecular weight is 285 g/mol. The topological polar surface area (TPSA) is 32.3 Å². The zero-order chi connectivity index (χ0) is 12.8. The number of nitrogens with zero attached hydrogens (tertiary/aromatic N) is 1. The molecule has 2 rings (SSSR count). The van der Waals surface area contributed by atoms with Gasteiger partial charge in [-0.05, 0) is 11.6 Å². The van der Waals surface area contributed by atoms with Gasteiger partial charge in [-0.1, -0.05) is 29.8 Å². The highest BCUT2D eigenvalue weighted by Crippen LogP contribution is 2.14. The third-order valence-electron chi connectivity index (χ3n) is 2.90. The van der Waals surface area contributed by atoms with Gasteiger partial charge >= 0.3 is 0 Å². The molecule has 0 radical (unpaired) electrons. The standard InChI is InChI=1S/C13H17ClN2OS/c14-12-4-2-1-3-11(12)9-15-13(17)10-16-5-7-18-8-6-16/h1-4H,5-10H2,(H,15,17). The molecule has 1 saturated heterocycles. The van der Waals surface area contributed by atoms with Gasteiger partial charge in [0.25, 0.3) is 0 Å². The SMILES string of the molecule is O=C(CN1CCSCC1)NCc1ccccc1Cl. The summed E-state index contributed by atoms with van der Waals surface area (Å²) in [6.45, 7) is 3.00. The minimum absolute atomic E-state index is 0.0711. The lowest BCUT2D eigenvalue weighted by atomic mass is 10.2. The van der Waals surface area contributed by atoms with Gasteiger partial charge in [0.1, 0.15) is 0 Å². The van der Waals surface area contributed by atoms with Crippen molar-refractivity contribution >= 4 is 29.3 Å². The number of carbonyl (C=O) groups excluding carboxylic acids is 1. The van der Waals surface area contributed by atoms with E-state index in [9.17, 15) is 4.79 Å². The summed E-state index contributed by atoms with van der Waals surface area (Å²) < 4.78 is 0. The predicted molar refractivity (Wildman–Crippen MR) is 77.1 cm³/mol. The summed E-state index contributed by atoms with van der Waals surface area (Å²) in [5, 5.41) is 3.62. The summed E-state index contributed by atoms with van der Waals surface area (Å²) in [4.78, 5) is 14.0. The van der Waals surface area contributed by atoms with Gasteiger partial charge in [0.2, 0.25) is 5.91 Å². The van der Waals surface area contributed by atoms with Gasteiger partial charge in [0, 0.05) is 36.2 Å². The first-order chi connectivity index (χ1) is 8.75.